The fourth-order valence-corrected chi connectivity index (χ4v) is 1.40. The number of benzene rings is 1. The second kappa shape index (κ2) is 4.77. The van der Waals surface area contributed by atoms with Crippen LogP contribution in [-0.4, -0.2) is 24.3 Å². The van der Waals surface area contributed by atoms with Crippen LogP contribution in [0.25, 0.3) is 0 Å². The third-order valence-corrected chi connectivity index (χ3v) is 2.10. The molecule has 0 saturated carbocycles. The molecule has 0 heterocycles. The van der Waals surface area contributed by atoms with Crippen LogP contribution in [0.1, 0.15) is 18.4 Å². The van der Waals surface area contributed by atoms with Gasteiger partial charge in [-0.2, -0.15) is 0 Å². The highest BCUT2D eigenvalue weighted by molar-refractivity contribution is 5.78. The maximum atomic E-state index is 11.4. The molecule has 0 radical (unpaired) electrons. The lowest BCUT2D eigenvalue weighted by molar-refractivity contribution is -0.144. The van der Waals surface area contributed by atoms with Crippen LogP contribution in [-0.2, 0) is 9.53 Å². The van der Waals surface area contributed by atoms with E-state index in [-0.39, 0.29) is 0 Å². The average molecular weight is 194 g/mol. The van der Waals surface area contributed by atoms with Gasteiger partial charge in [-0.05, 0) is 12.5 Å². The van der Waals surface area contributed by atoms with Gasteiger partial charge in [0.1, 0.15) is 5.92 Å². The van der Waals surface area contributed by atoms with Crippen LogP contribution in [0, 0.1) is 0 Å². The molecule has 14 heavy (non-hydrogen) atoms. The Morgan fingerprint density at radius 2 is 1.93 bits per heavy atom. The Bertz CT molecular complexity index is 293. The fourth-order valence-electron chi connectivity index (χ4n) is 1.40. The number of rotatable bonds is 3. The first-order valence-corrected chi connectivity index (χ1v) is 4.47. The van der Waals surface area contributed by atoms with Crippen LogP contribution in [0.3, 0.4) is 0 Å². The number of carbonyl (C=O) groups is 1. The number of hydrogen-bond donors (Lipinski definition) is 1. The molecule has 0 amide bonds. The summed E-state index contributed by atoms with van der Waals surface area (Å²) in [7, 11) is 1.32. The van der Waals surface area contributed by atoms with Gasteiger partial charge < -0.3 is 9.84 Å². The summed E-state index contributed by atoms with van der Waals surface area (Å²) in [5.41, 5.74) is 0.773. The van der Waals surface area contributed by atoms with E-state index < -0.39 is 18.0 Å². The lowest BCUT2D eigenvalue weighted by atomic mass is 9.94. The summed E-state index contributed by atoms with van der Waals surface area (Å²) in [6.45, 7) is 1.58. The first kappa shape index (κ1) is 10.7. The molecule has 1 N–H and O–H groups in total. The minimum absolute atomic E-state index is 0.411. The lowest BCUT2D eigenvalue weighted by Crippen LogP contribution is -2.24. The van der Waals surface area contributed by atoms with Gasteiger partial charge in [0.15, 0.2) is 0 Å². The molecule has 0 aromatic heterocycles. The van der Waals surface area contributed by atoms with Crippen LogP contribution < -0.4 is 0 Å². The number of carbonyl (C=O) groups excluding carboxylic acids is 1. The number of ether oxygens (including phenoxy) is 1. The molecule has 76 valence electrons. The van der Waals surface area contributed by atoms with Crippen LogP contribution in [0.5, 0.6) is 0 Å². The molecule has 0 spiro atoms. The predicted molar refractivity (Wildman–Crippen MR) is 52.9 cm³/mol. The topological polar surface area (TPSA) is 46.5 Å². The van der Waals surface area contributed by atoms with Crippen molar-refractivity contribution in [2.75, 3.05) is 7.11 Å². The summed E-state index contributed by atoms with van der Waals surface area (Å²) in [5.74, 6) is -1.01. The monoisotopic (exact) mass is 194 g/mol. The molecular formula is C11H14O3. The second-order valence-electron chi connectivity index (χ2n) is 3.15. The Morgan fingerprint density at radius 3 is 2.36 bits per heavy atom. The Hall–Kier alpha value is -1.35. The van der Waals surface area contributed by atoms with Crippen LogP contribution >= 0.6 is 0 Å². The highest BCUT2D eigenvalue weighted by Gasteiger charge is 2.25. The number of aliphatic hydroxyl groups is 1. The van der Waals surface area contributed by atoms with E-state index in [0.29, 0.717) is 0 Å². The predicted octanol–water partition coefficient (Wildman–Crippen LogP) is 1.32. The van der Waals surface area contributed by atoms with Gasteiger partial charge >= 0.3 is 5.97 Å². The van der Waals surface area contributed by atoms with Crippen molar-refractivity contribution in [2.45, 2.75) is 18.9 Å². The first-order valence-electron chi connectivity index (χ1n) is 4.47. The van der Waals surface area contributed by atoms with Crippen LogP contribution in [0.2, 0.25) is 0 Å². The smallest absolute Gasteiger partial charge is 0.315 e. The van der Waals surface area contributed by atoms with E-state index in [0.717, 1.165) is 5.56 Å². The summed E-state index contributed by atoms with van der Waals surface area (Å²) in [4.78, 5) is 11.4. The van der Waals surface area contributed by atoms with Crippen molar-refractivity contribution in [2.24, 2.45) is 0 Å². The fraction of sp³-hybridized carbons (Fsp3) is 0.364. The highest BCUT2D eigenvalue weighted by Crippen LogP contribution is 2.20. The molecule has 0 fully saturated rings. The number of aliphatic hydroxyl groups excluding tert-OH is 1. The molecule has 3 heteroatoms. The molecule has 3 nitrogen and oxygen atoms in total. The third kappa shape index (κ3) is 2.33. The average Bonchev–Trinajstić information content (AvgIpc) is 2.19. The summed E-state index contributed by atoms with van der Waals surface area (Å²) in [6, 6.07) is 9.11. The first-order chi connectivity index (χ1) is 6.66. The molecule has 0 bridgehead atoms. The van der Waals surface area contributed by atoms with E-state index in [1.807, 2.05) is 18.2 Å². The highest BCUT2D eigenvalue weighted by atomic mass is 16.5. The molecule has 1 rings (SSSR count). The largest absolute Gasteiger partial charge is 0.468 e. The van der Waals surface area contributed by atoms with Gasteiger partial charge in [-0.1, -0.05) is 30.3 Å². The molecule has 0 saturated heterocycles. The molecule has 2 atom stereocenters. The minimum atomic E-state index is -0.746. The number of hydrogen-bond acceptors (Lipinski definition) is 3. The van der Waals surface area contributed by atoms with Crippen LogP contribution in [0.15, 0.2) is 30.3 Å². The molecule has 1 aromatic rings. The zero-order valence-corrected chi connectivity index (χ0v) is 8.31. The van der Waals surface area contributed by atoms with Gasteiger partial charge in [-0.25, -0.2) is 0 Å². The van der Waals surface area contributed by atoms with Gasteiger partial charge in [0.05, 0.1) is 13.2 Å². The molecule has 0 aliphatic carbocycles. The van der Waals surface area contributed by atoms with Crippen molar-refractivity contribution in [3.8, 4) is 0 Å². The van der Waals surface area contributed by atoms with E-state index >= 15 is 0 Å². The Labute approximate surface area is 83.3 Å². The summed E-state index contributed by atoms with van der Waals surface area (Å²) < 4.78 is 4.63. The van der Waals surface area contributed by atoms with Crippen molar-refractivity contribution in [1.29, 1.82) is 0 Å². The van der Waals surface area contributed by atoms with Gasteiger partial charge in [0.2, 0.25) is 0 Å². The van der Waals surface area contributed by atoms with Crippen molar-refractivity contribution >= 4 is 5.97 Å². The van der Waals surface area contributed by atoms with Crippen molar-refractivity contribution in [1.82, 2.24) is 0 Å². The summed E-state index contributed by atoms with van der Waals surface area (Å²) >= 11 is 0. The van der Waals surface area contributed by atoms with Crippen LogP contribution in [0.4, 0.5) is 0 Å². The normalized spacial score (nSPS) is 14.5. The Kier molecular flexibility index (Phi) is 3.65. The maximum absolute atomic E-state index is 11.4. The van der Waals surface area contributed by atoms with Gasteiger partial charge in [0, 0.05) is 0 Å². The van der Waals surface area contributed by atoms with Gasteiger partial charge in [-0.3, -0.25) is 4.79 Å². The van der Waals surface area contributed by atoms with E-state index in [9.17, 15) is 9.90 Å². The summed E-state index contributed by atoms with van der Waals surface area (Å²) in [6.07, 6.45) is -0.746. The van der Waals surface area contributed by atoms with Gasteiger partial charge in [-0.15, -0.1) is 0 Å². The van der Waals surface area contributed by atoms with Crippen molar-refractivity contribution in [3.63, 3.8) is 0 Å². The SMILES string of the molecule is COC(=O)[C@@H](c1ccccc1)[C@@H](C)O. The van der Waals surface area contributed by atoms with Crippen molar-refractivity contribution in [3.05, 3.63) is 35.9 Å². The quantitative estimate of drug-likeness (QED) is 0.738. The van der Waals surface area contributed by atoms with E-state index in [1.54, 1.807) is 19.1 Å². The molecule has 0 aliphatic heterocycles. The lowest BCUT2D eigenvalue weighted by Gasteiger charge is -2.17. The summed E-state index contributed by atoms with van der Waals surface area (Å²) in [5, 5.41) is 9.47. The van der Waals surface area contributed by atoms with E-state index in [4.69, 9.17) is 0 Å². The van der Waals surface area contributed by atoms with Gasteiger partial charge in [0.25, 0.3) is 0 Å². The van der Waals surface area contributed by atoms with E-state index in [1.165, 1.54) is 7.11 Å². The third-order valence-electron chi connectivity index (χ3n) is 2.10. The second-order valence-corrected chi connectivity index (χ2v) is 3.15. The van der Waals surface area contributed by atoms with E-state index in [2.05, 4.69) is 4.74 Å². The Morgan fingerprint density at radius 1 is 1.36 bits per heavy atom. The number of methoxy groups -OCH3 is 1. The maximum Gasteiger partial charge on any atom is 0.315 e. The Balaban J connectivity index is 2.95. The standard InChI is InChI=1S/C11H14O3/c1-8(12)10(11(13)14-2)9-6-4-3-5-7-9/h3-8,10,12H,1-2H3/t8-,10-/m1/s1. The zero-order chi connectivity index (χ0) is 10.6. The molecule has 1 aromatic carbocycles. The van der Waals surface area contributed by atoms with Crippen molar-refractivity contribution < 1.29 is 14.6 Å². The minimum Gasteiger partial charge on any atom is -0.468 e. The number of esters is 1. The molecule has 0 aliphatic rings. The molecular weight excluding hydrogens is 180 g/mol. The molecule has 0 unspecified atom stereocenters. The zero-order valence-electron chi connectivity index (χ0n) is 8.31.